The zero-order chi connectivity index (χ0) is 20.9. The molecule has 28 heavy (non-hydrogen) atoms. The van der Waals surface area contributed by atoms with Gasteiger partial charge in [-0.05, 0) is 18.9 Å². The van der Waals surface area contributed by atoms with E-state index in [2.05, 4.69) is 20.3 Å². The molecule has 0 radical (unpaired) electrons. The van der Waals surface area contributed by atoms with Gasteiger partial charge in [0, 0.05) is 31.2 Å². The molecule has 3 N–H and O–H groups in total. The van der Waals surface area contributed by atoms with Gasteiger partial charge in [-0.15, -0.1) is 0 Å². The monoisotopic (exact) mass is 442 g/mol. The Morgan fingerprint density at radius 2 is 1.93 bits per heavy atom. The number of anilines is 1. The molecule has 1 fully saturated rings. The first-order valence-electron chi connectivity index (χ1n) is 8.69. The molecular formula is C16H22ClF3N4O3S. The van der Waals surface area contributed by atoms with E-state index in [9.17, 15) is 26.4 Å². The molecule has 158 valence electrons. The minimum absolute atomic E-state index is 0.0289. The number of pyridine rings is 1. The van der Waals surface area contributed by atoms with E-state index in [0.717, 1.165) is 25.2 Å². The predicted molar refractivity (Wildman–Crippen MR) is 99.5 cm³/mol. The highest BCUT2D eigenvalue weighted by Crippen LogP contribution is 2.32. The van der Waals surface area contributed by atoms with Crippen molar-refractivity contribution in [3.8, 4) is 0 Å². The molecule has 1 aromatic rings. The predicted octanol–water partition coefficient (Wildman–Crippen LogP) is 2.53. The van der Waals surface area contributed by atoms with Gasteiger partial charge in [0.1, 0.15) is 5.82 Å². The molecule has 2 rings (SSSR count). The highest BCUT2D eigenvalue weighted by Gasteiger charge is 2.31. The number of alkyl halides is 3. The average Bonchev–Trinajstić information content (AvgIpc) is 2.56. The van der Waals surface area contributed by atoms with Gasteiger partial charge in [0.05, 0.1) is 16.8 Å². The van der Waals surface area contributed by atoms with Gasteiger partial charge in [0.2, 0.25) is 15.9 Å². The van der Waals surface area contributed by atoms with E-state index < -0.39 is 21.8 Å². The summed E-state index contributed by atoms with van der Waals surface area (Å²) < 4.78 is 63.3. The lowest BCUT2D eigenvalue weighted by atomic mass is 9.91. The van der Waals surface area contributed by atoms with E-state index in [1.165, 1.54) is 0 Å². The second-order valence-corrected chi connectivity index (χ2v) is 8.87. The summed E-state index contributed by atoms with van der Waals surface area (Å²) in [6.45, 7) is 0.112. The fourth-order valence-corrected chi connectivity index (χ4v) is 4.08. The van der Waals surface area contributed by atoms with Gasteiger partial charge in [-0.25, -0.2) is 18.1 Å². The lowest BCUT2D eigenvalue weighted by molar-refractivity contribution is -0.137. The van der Waals surface area contributed by atoms with Gasteiger partial charge in [0.25, 0.3) is 0 Å². The van der Waals surface area contributed by atoms with Crippen LogP contribution in [0.5, 0.6) is 0 Å². The van der Waals surface area contributed by atoms with Gasteiger partial charge in [0.15, 0.2) is 0 Å². The number of carbonyl (C=O) groups excluding carboxylic acids is 1. The average molecular weight is 443 g/mol. The van der Waals surface area contributed by atoms with Crippen LogP contribution in [0, 0.1) is 0 Å². The maximum absolute atomic E-state index is 12.6. The summed E-state index contributed by atoms with van der Waals surface area (Å²) in [5.74, 6) is -0.250. The molecule has 2 atom stereocenters. The van der Waals surface area contributed by atoms with Crippen LogP contribution in [0.2, 0.25) is 5.02 Å². The smallest absolute Gasteiger partial charge is 0.368 e. The van der Waals surface area contributed by atoms with Gasteiger partial charge in [-0.3, -0.25) is 4.79 Å². The lowest BCUT2D eigenvalue weighted by Gasteiger charge is -2.32. The number of rotatable bonds is 7. The second-order valence-electron chi connectivity index (χ2n) is 6.68. The van der Waals surface area contributed by atoms with E-state index in [1.54, 1.807) is 0 Å². The Morgan fingerprint density at radius 1 is 1.29 bits per heavy atom. The zero-order valence-electron chi connectivity index (χ0n) is 15.1. The molecule has 0 bridgehead atoms. The Labute approximate surface area is 166 Å². The number of nitrogens with one attached hydrogen (secondary N) is 3. The third-order valence-electron chi connectivity index (χ3n) is 4.29. The Bertz CT molecular complexity index is 805. The Morgan fingerprint density at radius 3 is 2.50 bits per heavy atom. The summed E-state index contributed by atoms with van der Waals surface area (Å²) in [5, 5.41) is 5.35. The van der Waals surface area contributed by atoms with E-state index in [1.807, 2.05) is 0 Å². The molecule has 0 spiro atoms. The van der Waals surface area contributed by atoms with Crippen LogP contribution in [0.15, 0.2) is 12.3 Å². The van der Waals surface area contributed by atoms with Gasteiger partial charge < -0.3 is 10.6 Å². The second kappa shape index (κ2) is 9.27. The molecule has 0 saturated heterocycles. The van der Waals surface area contributed by atoms with E-state index in [0.29, 0.717) is 19.0 Å². The summed E-state index contributed by atoms with van der Waals surface area (Å²) in [5.41, 5.74) is -0.956. The number of hydrogen-bond donors (Lipinski definition) is 3. The standard InChI is InChI=1S/C16H22ClF3N4O3S/c1-28(26,27)24-13-5-3-2-4-12(13)23-14(25)6-7-21-15-11(17)8-10(9-22-15)16(18,19)20/h8-9,12-13,24H,2-7H2,1H3,(H,21,22)(H,23,25). The first kappa shape index (κ1) is 22.7. The van der Waals surface area contributed by atoms with Crippen molar-refractivity contribution >= 4 is 33.3 Å². The minimum Gasteiger partial charge on any atom is -0.368 e. The summed E-state index contributed by atoms with van der Waals surface area (Å²) in [4.78, 5) is 15.8. The fourth-order valence-electron chi connectivity index (χ4n) is 3.02. The number of carbonyl (C=O) groups is 1. The van der Waals surface area contributed by atoms with Crippen molar-refractivity contribution in [2.24, 2.45) is 0 Å². The number of aromatic nitrogens is 1. The quantitative estimate of drug-likeness (QED) is 0.602. The van der Waals surface area contributed by atoms with Crippen molar-refractivity contribution in [2.45, 2.75) is 50.4 Å². The summed E-state index contributed by atoms with van der Waals surface area (Å²) >= 11 is 5.80. The van der Waals surface area contributed by atoms with Crippen LogP contribution in [-0.2, 0) is 21.0 Å². The molecule has 1 heterocycles. The molecule has 7 nitrogen and oxygen atoms in total. The van der Waals surface area contributed by atoms with Gasteiger partial charge >= 0.3 is 6.18 Å². The number of halogens is 4. The first-order chi connectivity index (χ1) is 13.0. The zero-order valence-corrected chi connectivity index (χ0v) is 16.7. The number of sulfonamides is 1. The SMILES string of the molecule is CS(=O)(=O)NC1CCCCC1NC(=O)CCNc1ncc(C(F)(F)F)cc1Cl. The van der Waals surface area contributed by atoms with E-state index in [-0.39, 0.29) is 41.8 Å². The van der Waals surface area contributed by atoms with Crippen LogP contribution in [0.25, 0.3) is 0 Å². The van der Waals surface area contributed by atoms with Crippen molar-refractivity contribution in [1.29, 1.82) is 0 Å². The molecule has 1 aliphatic carbocycles. The van der Waals surface area contributed by atoms with Crippen LogP contribution in [0.1, 0.15) is 37.7 Å². The minimum atomic E-state index is -4.54. The highest BCUT2D eigenvalue weighted by atomic mass is 35.5. The number of amides is 1. The van der Waals surface area contributed by atoms with E-state index >= 15 is 0 Å². The molecule has 0 aromatic carbocycles. The third kappa shape index (κ3) is 7.10. The van der Waals surface area contributed by atoms with Crippen molar-refractivity contribution in [3.05, 3.63) is 22.8 Å². The summed E-state index contributed by atoms with van der Waals surface area (Å²) in [7, 11) is -3.38. The molecule has 12 heteroatoms. The largest absolute Gasteiger partial charge is 0.417 e. The molecule has 2 unspecified atom stereocenters. The topological polar surface area (TPSA) is 100 Å². The third-order valence-corrected chi connectivity index (χ3v) is 5.31. The first-order valence-corrected chi connectivity index (χ1v) is 11.0. The summed E-state index contributed by atoms with van der Waals surface area (Å²) in [6.07, 6.45) is 0.297. The Balaban J connectivity index is 1.85. The van der Waals surface area contributed by atoms with Crippen LogP contribution in [0.3, 0.4) is 0 Å². The molecular weight excluding hydrogens is 421 g/mol. The Hall–Kier alpha value is -1.59. The van der Waals surface area contributed by atoms with Gasteiger partial charge in [-0.1, -0.05) is 24.4 Å². The van der Waals surface area contributed by atoms with Crippen LogP contribution in [0.4, 0.5) is 19.0 Å². The van der Waals surface area contributed by atoms with Crippen LogP contribution >= 0.6 is 11.6 Å². The normalized spacial score (nSPS) is 20.6. The molecule has 1 aliphatic rings. The van der Waals surface area contributed by atoms with E-state index in [4.69, 9.17) is 11.6 Å². The molecule has 1 aromatic heterocycles. The number of hydrogen-bond acceptors (Lipinski definition) is 5. The fraction of sp³-hybridized carbons (Fsp3) is 0.625. The molecule has 1 amide bonds. The molecule has 0 aliphatic heterocycles. The van der Waals surface area contributed by atoms with Crippen LogP contribution < -0.4 is 15.4 Å². The van der Waals surface area contributed by atoms with Gasteiger partial charge in [-0.2, -0.15) is 13.2 Å². The lowest BCUT2D eigenvalue weighted by Crippen LogP contribution is -2.53. The maximum Gasteiger partial charge on any atom is 0.417 e. The maximum atomic E-state index is 12.6. The van der Waals surface area contributed by atoms with Crippen molar-refractivity contribution in [2.75, 3.05) is 18.1 Å². The Kier molecular flexibility index (Phi) is 7.52. The van der Waals surface area contributed by atoms with Crippen LogP contribution in [-0.4, -0.2) is 44.2 Å². The number of nitrogens with zero attached hydrogens (tertiary/aromatic N) is 1. The highest BCUT2D eigenvalue weighted by molar-refractivity contribution is 7.88. The molecule has 1 saturated carbocycles. The van der Waals surface area contributed by atoms with Crippen molar-refractivity contribution in [3.63, 3.8) is 0 Å². The van der Waals surface area contributed by atoms with Crippen molar-refractivity contribution < 1.29 is 26.4 Å². The van der Waals surface area contributed by atoms with Crippen molar-refractivity contribution in [1.82, 2.24) is 15.0 Å². The summed E-state index contributed by atoms with van der Waals surface area (Å²) in [6, 6.07) is 0.107.